The molecule has 1 unspecified atom stereocenters. The molecule has 0 spiro atoms. The zero-order valence-corrected chi connectivity index (χ0v) is 8.60. The second-order valence-electron chi connectivity index (χ2n) is 3.04. The Hall–Kier alpha value is -1.36. The van der Waals surface area contributed by atoms with Crippen molar-refractivity contribution in [1.29, 1.82) is 0 Å². The summed E-state index contributed by atoms with van der Waals surface area (Å²) in [5, 5.41) is 6.90. The van der Waals surface area contributed by atoms with Gasteiger partial charge in [0.05, 0.1) is 13.2 Å². The van der Waals surface area contributed by atoms with Gasteiger partial charge in [-0.3, -0.25) is 0 Å². The molecule has 14 heavy (non-hydrogen) atoms. The number of methoxy groups -OCH3 is 1. The zero-order chi connectivity index (χ0) is 9.97. The van der Waals surface area contributed by atoms with Crippen molar-refractivity contribution in [3.8, 4) is 5.88 Å². The molecule has 2 heterocycles. The molecule has 4 nitrogen and oxygen atoms in total. The van der Waals surface area contributed by atoms with Crippen LogP contribution in [0.5, 0.6) is 5.88 Å². The van der Waals surface area contributed by atoms with Crippen molar-refractivity contribution in [2.75, 3.05) is 13.7 Å². The van der Waals surface area contributed by atoms with Crippen molar-refractivity contribution >= 4 is 17.3 Å². The number of hydrogen-bond acceptors (Lipinski definition) is 3. The van der Waals surface area contributed by atoms with Crippen molar-refractivity contribution < 1.29 is 4.74 Å². The van der Waals surface area contributed by atoms with Gasteiger partial charge in [-0.1, -0.05) is 0 Å². The van der Waals surface area contributed by atoms with Crippen LogP contribution in [0.4, 0.5) is 0 Å². The largest absolute Gasteiger partial charge is 0.481 e. The van der Waals surface area contributed by atoms with Crippen molar-refractivity contribution in [3.63, 3.8) is 0 Å². The van der Waals surface area contributed by atoms with E-state index in [4.69, 9.17) is 17.0 Å². The van der Waals surface area contributed by atoms with E-state index >= 15 is 0 Å². The van der Waals surface area contributed by atoms with Crippen LogP contribution in [-0.4, -0.2) is 23.8 Å². The predicted molar refractivity (Wildman–Crippen MR) is 57.3 cm³/mol. The molecule has 0 aromatic carbocycles. The highest BCUT2D eigenvalue weighted by molar-refractivity contribution is 7.80. The zero-order valence-electron chi connectivity index (χ0n) is 7.78. The first-order valence-electron chi connectivity index (χ1n) is 4.34. The minimum Gasteiger partial charge on any atom is -0.481 e. The van der Waals surface area contributed by atoms with Crippen LogP contribution in [0, 0.1) is 0 Å². The van der Waals surface area contributed by atoms with E-state index in [1.54, 1.807) is 13.3 Å². The molecule has 2 N–H and O–H groups in total. The van der Waals surface area contributed by atoms with Crippen LogP contribution in [-0.2, 0) is 0 Å². The molecule has 1 saturated heterocycles. The second kappa shape index (κ2) is 3.79. The fraction of sp³-hybridized carbons (Fsp3) is 0.333. The first-order chi connectivity index (χ1) is 6.79. The van der Waals surface area contributed by atoms with Gasteiger partial charge in [0.15, 0.2) is 5.11 Å². The Morgan fingerprint density at radius 2 is 2.43 bits per heavy atom. The van der Waals surface area contributed by atoms with Gasteiger partial charge in [0, 0.05) is 18.8 Å². The lowest BCUT2D eigenvalue weighted by Gasteiger charge is -2.08. The fourth-order valence-corrected chi connectivity index (χ4v) is 1.60. The van der Waals surface area contributed by atoms with Crippen molar-refractivity contribution in [3.05, 3.63) is 23.9 Å². The van der Waals surface area contributed by atoms with E-state index < -0.39 is 0 Å². The monoisotopic (exact) mass is 209 g/mol. The van der Waals surface area contributed by atoms with Crippen molar-refractivity contribution in [1.82, 2.24) is 15.6 Å². The fourth-order valence-electron chi connectivity index (χ4n) is 1.37. The summed E-state index contributed by atoms with van der Waals surface area (Å²) in [4.78, 5) is 4.13. The van der Waals surface area contributed by atoms with Gasteiger partial charge in [0.2, 0.25) is 5.88 Å². The smallest absolute Gasteiger partial charge is 0.212 e. The number of ether oxygens (including phenoxy) is 1. The lowest BCUT2D eigenvalue weighted by molar-refractivity contribution is 0.397. The Balaban J connectivity index is 2.13. The molecule has 0 amide bonds. The van der Waals surface area contributed by atoms with E-state index in [-0.39, 0.29) is 6.04 Å². The van der Waals surface area contributed by atoms with Crippen LogP contribution < -0.4 is 15.4 Å². The molecule has 1 aromatic heterocycles. The first-order valence-corrected chi connectivity index (χ1v) is 4.75. The van der Waals surface area contributed by atoms with Crippen LogP contribution in [0.1, 0.15) is 11.6 Å². The maximum Gasteiger partial charge on any atom is 0.212 e. The molecule has 2 rings (SSSR count). The van der Waals surface area contributed by atoms with Crippen LogP contribution in [0.3, 0.4) is 0 Å². The Kier molecular flexibility index (Phi) is 2.49. The molecule has 0 radical (unpaired) electrons. The molecule has 1 aromatic rings. The van der Waals surface area contributed by atoms with Gasteiger partial charge in [0.25, 0.3) is 0 Å². The van der Waals surface area contributed by atoms with E-state index in [0.717, 1.165) is 12.1 Å². The number of nitrogens with one attached hydrogen (secondary N) is 2. The standard InChI is InChI=1S/C9H11N3OS/c1-13-8-3-2-6(4-10-8)7-5-11-9(14)12-7/h2-4,7H,5H2,1H3,(H2,11,12,14). The SMILES string of the molecule is COc1ccc(C2CNC(=S)N2)cn1. The van der Waals surface area contributed by atoms with E-state index in [0.29, 0.717) is 11.0 Å². The Morgan fingerprint density at radius 1 is 1.57 bits per heavy atom. The minimum absolute atomic E-state index is 0.223. The summed E-state index contributed by atoms with van der Waals surface area (Å²) >= 11 is 4.98. The Bertz CT molecular complexity index is 338. The number of pyridine rings is 1. The molecule has 5 heteroatoms. The molecule has 0 saturated carbocycles. The molecule has 0 aliphatic carbocycles. The second-order valence-corrected chi connectivity index (χ2v) is 3.45. The molecule has 74 valence electrons. The summed E-state index contributed by atoms with van der Waals surface area (Å²) in [7, 11) is 1.60. The maximum absolute atomic E-state index is 4.98. The molecule has 1 atom stereocenters. The van der Waals surface area contributed by atoms with Crippen LogP contribution in [0.15, 0.2) is 18.3 Å². The first kappa shape index (κ1) is 9.21. The number of nitrogens with zero attached hydrogens (tertiary/aromatic N) is 1. The maximum atomic E-state index is 4.98. The molecule has 0 bridgehead atoms. The summed E-state index contributed by atoms with van der Waals surface area (Å²) < 4.78 is 4.98. The number of aromatic nitrogens is 1. The van der Waals surface area contributed by atoms with Gasteiger partial charge < -0.3 is 15.4 Å². The quantitative estimate of drug-likeness (QED) is 0.699. The summed E-state index contributed by atoms with van der Waals surface area (Å²) in [6.45, 7) is 0.812. The van der Waals surface area contributed by atoms with E-state index in [2.05, 4.69) is 15.6 Å². The van der Waals surface area contributed by atoms with E-state index in [1.807, 2.05) is 12.1 Å². The van der Waals surface area contributed by atoms with E-state index in [1.165, 1.54) is 0 Å². The average molecular weight is 209 g/mol. The van der Waals surface area contributed by atoms with Crippen LogP contribution in [0.2, 0.25) is 0 Å². The van der Waals surface area contributed by atoms with Gasteiger partial charge in [0.1, 0.15) is 0 Å². The van der Waals surface area contributed by atoms with Crippen LogP contribution >= 0.6 is 12.2 Å². The highest BCUT2D eigenvalue weighted by Crippen LogP contribution is 2.16. The Morgan fingerprint density at radius 3 is 2.93 bits per heavy atom. The average Bonchev–Trinajstić information content (AvgIpc) is 2.65. The summed E-state index contributed by atoms with van der Waals surface area (Å²) in [5.74, 6) is 0.627. The van der Waals surface area contributed by atoms with E-state index in [9.17, 15) is 0 Å². The predicted octanol–water partition coefficient (Wildman–Crippen LogP) is 0.609. The van der Waals surface area contributed by atoms with Gasteiger partial charge in [-0.05, 0) is 23.8 Å². The number of thiocarbonyl (C=S) groups is 1. The topological polar surface area (TPSA) is 46.2 Å². The van der Waals surface area contributed by atoms with Crippen molar-refractivity contribution in [2.45, 2.75) is 6.04 Å². The van der Waals surface area contributed by atoms with Crippen molar-refractivity contribution in [2.24, 2.45) is 0 Å². The lowest BCUT2D eigenvalue weighted by atomic mass is 10.1. The Labute approximate surface area is 87.7 Å². The molecular weight excluding hydrogens is 198 g/mol. The normalized spacial score (nSPS) is 20.1. The lowest BCUT2D eigenvalue weighted by Crippen LogP contribution is -2.21. The van der Waals surface area contributed by atoms with Gasteiger partial charge >= 0.3 is 0 Å². The number of hydrogen-bond donors (Lipinski definition) is 2. The minimum atomic E-state index is 0.223. The highest BCUT2D eigenvalue weighted by atomic mass is 32.1. The summed E-state index contributed by atoms with van der Waals surface area (Å²) in [6, 6.07) is 4.05. The molecule has 1 aliphatic heterocycles. The third-order valence-electron chi connectivity index (χ3n) is 2.14. The number of rotatable bonds is 2. The van der Waals surface area contributed by atoms with Gasteiger partial charge in [-0.15, -0.1) is 0 Å². The molecule has 1 aliphatic rings. The third kappa shape index (κ3) is 1.77. The third-order valence-corrected chi connectivity index (χ3v) is 2.40. The summed E-state index contributed by atoms with van der Waals surface area (Å²) in [5.41, 5.74) is 1.11. The molecule has 1 fully saturated rings. The van der Waals surface area contributed by atoms with Gasteiger partial charge in [-0.25, -0.2) is 4.98 Å². The molecular formula is C9H11N3OS. The van der Waals surface area contributed by atoms with Gasteiger partial charge in [-0.2, -0.15) is 0 Å². The van der Waals surface area contributed by atoms with Crippen LogP contribution in [0.25, 0.3) is 0 Å². The summed E-state index contributed by atoms with van der Waals surface area (Å²) in [6.07, 6.45) is 1.80. The highest BCUT2D eigenvalue weighted by Gasteiger charge is 2.18.